The topological polar surface area (TPSA) is 132 Å². The summed E-state index contributed by atoms with van der Waals surface area (Å²) < 4.78 is 13.4. The Morgan fingerprint density at radius 2 is 2.14 bits per heavy atom. The van der Waals surface area contributed by atoms with Gasteiger partial charge < -0.3 is 21.1 Å². The van der Waals surface area contributed by atoms with Crippen LogP contribution in [0, 0.1) is 23.7 Å². The first-order chi connectivity index (χ1) is 17.3. The van der Waals surface area contributed by atoms with E-state index in [4.69, 9.17) is 5.11 Å². The molecule has 2 heterocycles. The average molecular weight is 498 g/mol. The van der Waals surface area contributed by atoms with Gasteiger partial charge in [0.25, 0.3) is 0 Å². The van der Waals surface area contributed by atoms with Crippen LogP contribution in [0.25, 0.3) is 0 Å². The van der Waals surface area contributed by atoms with Gasteiger partial charge in [-0.3, -0.25) is 9.69 Å². The number of aromatic nitrogens is 3. The maximum Gasteiger partial charge on any atom is 0.407 e. The van der Waals surface area contributed by atoms with Crippen molar-refractivity contribution in [3.63, 3.8) is 0 Å². The molecule has 3 rings (SSSR count). The number of amides is 2. The lowest BCUT2D eigenvalue weighted by molar-refractivity contribution is -0.125. The average Bonchev–Trinajstić information content (AvgIpc) is 2.86. The number of pyridine rings is 1. The number of likely N-dealkylation sites (N-methyl/N-ethyl adjacent to an activating group) is 1. The summed E-state index contributed by atoms with van der Waals surface area (Å²) in [5.74, 6) is 6.55. The summed E-state index contributed by atoms with van der Waals surface area (Å²) in [5.41, 5.74) is 1.14. The Morgan fingerprint density at radius 3 is 2.86 bits per heavy atom. The van der Waals surface area contributed by atoms with E-state index in [-0.39, 0.29) is 17.9 Å². The predicted octanol–water partition coefficient (Wildman–Crippen LogP) is 3.60. The fourth-order valence-corrected chi connectivity index (χ4v) is 3.82. The second-order valence-corrected chi connectivity index (χ2v) is 8.78. The van der Waals surface area contributed by atoms with Gasteiger partial charge in [0.1, 0.15) is 11.9 Å². The molecule has 0 bridgehead atoms. The smallest absolute Gasteiger partial charge is 0.407 e. The Morgan fingerprint density at radius 1 is 1.33 bits per heavy atom. The molecular formula is C25H32FN7O3. The lowest BCUT2D eigenvalue weighted by Crippen LogP contribution is -2.49. The van der Waals surface area contributed by atoms with Gasteiger partial charge in [0, 0.05) is 43.5 Å². The standard InChI is InChI=1S/C25H32FN7O3/c1-4-11-28-22-18(15-29-24(32-22)31-20-10-12-27-21(26)14-20)9-8-17-6-5-7-19(13-17)30-23(34)16(2)33(3)25(35)36/h10,12,14-17,19H,4-7,11,13H2,1-3H3,(H,30,34)(H,35,36)(H2,27,28,29,31,32)/t16?,17-,19-/m0/s1. The van der Waals surface area contributed by atoms with Gasteiger partial charge in [0.15, 0.2) is 0 Å². The fraction of sp³-hybridized carbons (Fsp3) is 0.480. The molecule has 0 spiro atoms. The Bertz CT molecular complexity index is 1130. The van der Waals surface area contributed by atoms with Crippen molar-refractivity contribution in [2.24, 2.45) is 5.92 Å². The monoisotopic (exact) mass is 497 g/mol. The number of carbonyl (C=O) groups excluding carboxylic acids is 1. The van der Waals surface area contributed by atoms with E-state index >= 15 is 0 Å². The fourth-order valence-electron chi connectivity index (χ4n) is 3.82. The van der Waals surface area contributed by atoms with E-state index in [9.17, 15) is 14.0 Å². The molecule has 2 amide bonds. The van der Waals surface area contributed by atoms with Crippen LogP contribution in [0.2, 0.25) is 0 Å². The Labute approximate surface area is 210 Å². The summed E-state index contributed by atoms with van der Waals surface area (Å²) >= 11 is 0. The van der Waals surface area contributed by atoms with Crippen LogP contribution in [0.1, 0.15) is 51.5 Å². The second kappa shape index (κ2) is 12.7. The minimum absolute atomic E-state index is 0.0588. The molecule has 1 fully saturated rings. The number of hydrogen-bond acceptors (Lipinski definition) is 7. The van der Waals surface area contributed by atoms with Crippen molar-refractivity contribution >= 4 is 29.5 Å². The predicted molar refractivity (Wildman–Crippen MR) is 134 cm³/mol. The van der Waals surface area contributed by atoms with Crippen LogP contribution in [0.15, 0.2) is 24.5 Å². The molecule has 0 radical (unpaired) electrons. The molecule has 3 atom stereocenters. The van der Waals surface area contributed by atoms with E-state index in [1.54, 1.807) is 19.2 Å². The molecule has 11 heteroatoms. The minimum Gasteiger partial charge on any atom is -0.465 e. The number of hydrogen-bond donors (Lipinski definition) is 4. The summed E-state index contributed by atoms with van der Waals surface area (Å²) in [6.07, 6.45) is 6.08. The number of carboxylic acid groups (broad SMARTS) is 1. The minimum atomic E-state index is -1.14. The van der Waals surface area contributed by atoms with E-state index in [0.717, 1.165) is 30.6 Å². The van der Waals surface area contributed by atoms with Crippen molar-refractivity contribution in [2.75, 3.05) is 24.2 Å². The molecule has 192 valence electrons. The van der Waals surface area contributed by atoms with Crippen LogP contribution in [0.5, 0.6) is 0 Å². The Hall–Kier alpha value is -3.94. The zero-order chi connectivity index (χ0) is 26.1. The lowest BCUT2D eigenvalue weighted by Gasteiger charge is -2.29. The molecule has 1 unspecified atom stereocenters. The van der Waals surface area contributed by atoms with Crippen molar-refractivity contribution in [1.29, 1.82) is 0 Å². The third kappa shape index (κ3) is 7.53. The molecular weight excluding hydrogens is 465 g/mol. The van der Waals surface area contributed by atoms with Crippen LogP contribution in [-0.2, 0) is 4.79 Å². The molecule has 1 saturated carbocycles. The van der Waals surface area contributed by atoms with E-state index in [2.05, 4.69) is 42.7 Å². The first-order valence-electron chi connectivity index (χ1n) is 12.0. The highest BCUT2D eigenvalue weighted by Gasteiger charge is 2.27. The number of carbonyl (C=O) groups is 2. The van der Waals surface area contributed by atoms with Crippen molar-refractivity contribution in [3.05, 3.63) is 36.0 Å². The first kappa shape index (κ1) is 26.7. The SMILES string of the molecule is CCCNc1nc(Nc2ccnc(F)c2)ncc1C#C[C@@H]1CCC[C@H](NC(=O)C(C)N(C)C(=O)O)C1. The summed E-state index contributed by atoms with van der Waals surface area (Å²) in [4.78, 5) is 37.0. The first-order valence-corrected chi connectivity index (χ1v) is 12.0. The molecule has 1 aliphatic rings. The van der Waals surface area contributed by atoms with E-state index in [1.807, 2.05) is 6.92 Å². The van der Waals surface area contributed by atoms with Crippen LogP contribution in [0.4, 0.5) is 26.6 Å². The maximum absolute atomic E-state index is 13.4. The van der Waals surface area contributed by atoms with Gasteiger partial charge in [-0.05, 0) is 38.7 Å². The highest BCUT2D eigenvalue weighted by molar-refractivity contribution is 5.85. The van der Waals surface area contributed by atoms with Gasteiger partial charge >= 0.3 is 6.09 Å². The maximum atomic E-state index is 13.4. The highest BCUT2D eigenvalue weighted by atomic mass is 19.1. The van der Waals surface area contributed by atoms with Crippen molar-refractivity contribution < 1.29 is 19.1 Å². The Kier molecular flexibility index (Phi) is 9.39. The number of halogens is 1. The molecule has 1 aliphatic carbocycles. The van der Waals surface area contributed by atoms with Crippen LogP contribution in [0.3, 0.4) is 0 Å². The summed E-state index contributed by atoms with van der Waals surface area (Å²) in [6.45, 7) is 4.32. The molecule has 2 aromatic heterocycles. The molecule has 0 aromatic carbocycles. The third-order valence-electron chi connectivity index (χ3n) is 6.01. The number of nitrogens with one attached hydrogen (secondary N) is 3. The molecule has 10 nitrogen and oxygen atoms in total. The van der Waals surface area contributed by atoms with Crippen molar-refractivity contribution in [1.82, 2.24) is 25.2 Å². The largest absolute Gasteiger partial charge is 0.465 e. The van der Waals surface area contributed by atoms with Gasteiger partial charge in [-0.25, -0.2) is 14.8 Å². The van der Waals surface area contributed by atoms with E-state index in [1.165, 1.54) is 19.3 Å². The second-order valence-electron chi connectivity index (χ2n) is 8.78. The Balaban J connectivity index is 1.68. The zero-order valence-electron chi connectivity index (χ0n) is 20.7. The quantitative estimate of drug-likeness (QED) is 0.321. The number of nitrogens with zero attached hydrogens (tertiary/aromatic N) is 4. The molecule has 2 aromatic rings. The lowest BCUT2D eigenvalue weighted by atomic mass is 9.86. The van der Waals surface area contributed by atoms with Gasteiger partial charge in [-0.1, -0.05) is 25.2 Å². The molecule has 36 heavy (non-hydrogen) atoms. The van der Waals surface area contributed by atoms with Gasteiger partial charge in [-0.2, -0.15) is 9.37 Å². The molecule has 0 saturated heterocycles. The van der Waals surface area contributed by atoms with Gasteiger partial charge in [-0.15, -0.1) is 0 Å². The van der Waals surface area contributed by atoms with Crippen LogP contribution < -0.4 is 16.0 Å². The van der Waals surface area contributed by atoms with Gasteiger partial charge in [0.05, 0.1) is 11.8 Å². The van der Waals surface area contributed by atoms with Crippen LogP contribution in [-0.4, -0.2) is 62.6 Å². The van der Waals surface area contributed by atoms with E-state index in [0.29, 0.717) is 36.0 Å². The van der Waals surface area contributed by atoms with E-state index < -0.39 is 18.1 Å². The summed E-state index contributed by atoms with van der Waals surface area (Å²) in [7, 11) is 1.38. The van der Waals surface area contributed by atoms with Crippen LogP contribution >= 0.6 is 0 Å². The molecule has 4 N–H and O–H groups in total. The summed E-state index contributed by atoms with van der Waals surface area (Å²) in [6, 6.07) is 2.05. The normalized spacial score (nSPS) is 17.8. The number of anilines is 3. The van der Waals surface area contributed by atoms with Crippen molar-refractivity contribution in [2.45, 2.75) is 58.0 Å². The molecule has 0 aliphatic heterocycles. The van der Waals surface area contributed by atoms with Crippen molar-refractivity contribution in [3.8, 4) is 11.8 Å². The summed E-state index contributed by atoms with van der Waals surface area (Å²) in [5, 5.41) is 18.3. The number of rotatable bonds is 8. The van der Waals surface area contributed by atoms with Gasteiger partial charge in [0.2, 0.25) is 17.8 Å². The zero-order valence-corrected chi connectivity index (χ0v) is 20.7. The highest BCUT2D eigenvalue weighted by Crippen LogP contribution is 2.25. The third-order valence-corrected chi connectivity index (χ3v) is 6.01.